The molecule has 0 amide bonds. The largest absolute Gasteiger partial charge is 0.357 e. The Hall–Kier alpha value is -0.0900. The van der Waals surface area contributed by atoms with Gasteiger partial charge in [0, 0.05) is 32.2 Å². The van der Waals surface area contributed by atoms with Crippen LogP contribution in [0.1, 0.15) is 41.0 Å². The van der Waals surface area contributed by atoms with Crippen molar-refractivity contribution < 1.29 is 8.42 Å². The Kier molecular flexibility index (Phi) is 13.6. The zero-order chi connectivity index (χ0) is 16.5. The fourth-order valence-corrected chi connectivity index (χ4v) is 2.63. The predicted molar refractivity (Wildman–Crippen MR) is 106 cm³/mol. The minimum atomic E-state index is -3.10. The molecule has 0 aromatic heterocycles. The number of aliphatic imine (C=N–C) groups is 1. The van der Waals surface area contributed by atoms with Gasteiger partial charge in [-0.1, -0.05) is 20.8 Å². The van der Waals surface area contributed by atoms with E-state index in [4.69, 9.17) is 0 Å². The second kappa shape index (κ2) is 12.3. The van der Waals surface area contributed by atoms with Crippen molar-refractivity contribution in [1.82, 2.24) is 14.9 Å². The van der Waals surface area contributed by atoms with E-state index in [-0.39, 0.29) is 24.0 Å². The summed E-state index contributed by atoms with van der Waals surface area (Å²) in [6.07, 6.45) is 1.96. The SMILES string of the molecule is CCNC(=NCCCN(CC)S(C)(=O)=O)NC(C)C(C)C.I. The third-order valence-electron chi connectivity index (χ3n) is 3.37. The summed E-state index contributed by atoms with van der Waals surface area (Å²) in [5.74, 6) is 1.32. The van der Waals surface area contributed by atoms with Gasteiger partial charge in [0.05, 0.1) is 6.26 Å². The number of nitrogens with zero attached hydrogens (tertiary/aromatic N) is 2. The van der Waals surface area contributed by atoms with Gasteiger partial charge in [-0.2, -0.15) is 0 Å². The zero-order valence-corrected chi connectivity index (χ0v) is 17.9. The van der Waals surface area contributed by atoms with Crippen LogP contribution in [0.15, 0.2) is 4.99 Å². The molecule has 0 aliphatic rings. The second-order valence-corrected chi connectivity index (χ2v) is 7.53. The molecule has 0 fully saturated rings. The van der Waals surface area contributed by atoms with Crippen LogP contribution in [0.2, 0.25) is 0 Å². The van der Waals surface area contributed by atoms with Crippen molar-refractivity contribution in [1.29, 1.82) is 0 Å². The lowest BCUT2D eigenvalue weighted by Crippen LogP contribution is -2.44. The minimum absolute atomic E-state index is 0. The summed E-state index contributed by atoms with van der Waals surface area (Å²) in [5, 5.41) is 6.56. The first-order valence-electron chi connectivity index (χ1n) is 7.72. The Morgan fingerprint density at radius 1 is 1.23 bits per heavy atom. The molecule has 0 heterocycles. The normalized spacial score (nSPS) is 13.9. The maximum Gasteiger partial charge on any atom is 0.211 e. The van der Waals surface area contributed by atoms with Gasteiger partial charge in [0.25, 0.3) is 0 Å². The number of guanidine groups is 1. The highest BCUT2D eigenvalue weighted by atomic mass is 127. The van der Waals surface area contributed by atoms with Crippen molar-refractivity contribution in [2.75, 3.05) is 32.4 Å². The molecule has 0 radical (unpaired) electrons. The van der Waals surface area contributed by atoms with E-state index in [0.717, 1.165) is 12.5 Å². The topological polar surface area (TPSA) is 73.8 Å². The Balaban J connectivity index is 0. The van der Waals surface area contributed by atoms with Crippen LogP contribution in [0.25, 0.3) is 0 Å². The number of hydrogen-bond acceptors (Lipinski definition) is 3. The van der Waals surface area contributed by atoms with E-state index in [1.807, 2.05) is 13.8 Å². The lowest BCUT2D eigenvalue weighted by atomic mass is 10.1. The number of hydrogen-bond donors (Lipinski definition) is 2. The minimum Gasteiger partial charge on any atom is -0.357 e. The van der Waals surface area contributed by atoms with Gasteiger partial charge < -0.3 is 10.6 Å². The number of rotatable bonds is 9. The standard InChI is InChI=1S/C14H32N4O2S.HI/c1-7-15-14(17-13(5)12(3)4)16-10-9-11-18(8-2)21(6,19)20;/h12-13H,7-11H2,1-6H3,(H2,15,16,17);1H. The third kappa shape index (κ3) is 10.6. The van der Waals surface area contributed by atoms with Gasteiger partial charge in [-0.15, -0.1) is 24.0 Å². The zero-order valence-electron chi connectivity index (χ0n) is 14.7. The maximum absolute atomic E-state index is 11.5. The van der Waals surface area contributed by atoms with Crippen molar-refractivity contribution in [3.05, 3.63) is 0 Å². The van der Waals surface area contributed by atoms with Gasteiger partial charge in [0.15, 0.2) is 5.96 Å². The van der Waals surface area contributed by atoms with E-state index >= 15 is 0 Å². The molecule has 1 unspecified atom stereocenters. The van der Waals surface area contributed by atoms with Gasteiger partial charge in [-0.05, 0) is 26.2 Å². The Bertz CT molecular complexity index is 413. The van der Waals surface area contributed by atoms with Crippen LogP contribution >= 0.6 is 24.0 Å². The van der Waals surface area contributed by atoms with Gasteiger partial charge >= 0.3 is 0 Å². The van der Waals surface area contributed by atoms with Gasteiger partial charge in [-0.25, -0.2) is 12.7 Å². The van der Waals surface area contributed by atoms with E-state index in [2.05, 4.69) is 36.4 Å². The average Bonchev–Trinajstić information content (AvgIpc) is 2.36. The lowest BCUT2D eigenvalue weighted by Gasteiger charge is -2.21. The quantitative estimate of drug-likeness (QED) is 0.245. The van der Waals surface area contributed by atoms with Crippen molar-refractivity contribution in [3.63, 3.8) is 0 Å². The molecule has 2 N–H and O–H groups in total. The highest BCUT2D eigenvalue weighted by Gasteiger charge is 2.13. The lowest BCUT2D eigenvalue weighted by molar-refractivity contribution is 0.426. The molecule has 0 bridgehead atoms. The average molecular weight is 448 g/mol. The van der Waals surface area contributed by atoms with Crippen LogP contribution in [-0.4, -0.2) is 57.2 Å². The number of nitrogens with one attached hydrogen (secondary N) is 2. The van der Waals surface area contributed by atoms with E-state index in [1.165, 1.54) is 10.6 Å². The highest BCUT2D eigenvalue weighted by Crippen LogP contribution is 2.00. The van der Waals surface area contributed by atoms with Crippen LogP contribution in [-0.2, 0) is 10.0 Å². The van der Waals surface area contributed by atoms with E-state index in [0.29, 0.717) is 38.0 Å². The molecule has 0 aromatic carbocycles. The Morgan fingerprint density at radius 2 is 1.82 bits per heavy atom. The summed E-state index contributed by atoms with van der Waals surface area (Å²) < 4.78 is 24.4. The molecule has 0 rings (SSSR count). The van der Waals surface area contributed by atoms with Crippen LogP contribution in [0, 0.1) is 5.92 Å². The third-order valence-corrected chi connectivity index (χ3v) is 4.74. The molecular weight excluding hydrogens is 415 g/mol. The monoisotopic (exact) mass is 448 g/mol. The molecule has 0 saturated carbocycles. The van der Waals surface area contributed by atoms with Gasteiger partial charge in [0.1, 0.15) is 0 Å². The summed E-state index contributed by atoms with van der Waals surface area (Å²) in [6.45, 7) is 12.7. The van der Waals surface area contributed by atoms with E-state index < -0.39 is 10.0 Å². The summed E-state index contributed by atoms with van der Waals surface area (Å²) in [6, 6.07) is 0.339. The van der Waals surface area contributed by atoms with E-state index in [9.17, 15) is 8.42 Å². The van der Waals surface area contributed by atoms with Crippen LogP contribution in [0.5, 0.6) is 0 Å². The Morgan fingerprint density at radius 3 is 2.23 bits per heavy atom. The van der Waals surface area contributed by atoms with Crippen molar-refractivity contribution in [2.45, 2.75) is 47.1 Å². The molecule has 8 heteroatoms. The summed E-state index contributed by atoms with van der Waals surface area (Å²) in [5.41, 5.74) is 0. The van der Waals surface area contributed by atoms with Crippen molar-refractivity contribution >= 4 is 40.0 Å². The number of sulfonamides is 1. The highest BCUT2D eigenvalue weighted by molar-refractivity contribution is 14.0. The molecule has 22 heavy (non-hydrogen) atoms. The van der Waals surface area contributed by atoms with Crippen molar-refractivity contribution in [3.8, 4) is 0 Å². The second-order valence-electron chi connectivity index (χ2n) is 5.55. The van der Waals surface area contributed by atoms with E-state index in [1.54, 1.807) is 0 Å². The Labute approximate surface area is 153 Å². The molecule has 6 nitrogen and oxygen atoms in total. The van der Waals surface area contributed by atoms with Crippen LogP contribution in [0.3, 0.4) is 0 Å². The summed E-state index contributed by atoms with van der Waals surface area (Å²) in [7, 11) is -3.10. The number of halogens is 1. The van der Waals surface area contributed by atoms with Crippen LogP contribution < -0.4 is 10.6 Å². The fraction of sp³-hybridized carbons (Fsp3) is 0.929. The van der Waals surface area contributed by atoms with Crippen LogP contribution in [0.4, 0.5) is 0 Å². The molecule has 134 valence electrons. The molecule has 1 atom stereocenters. The first kappa shape index (κ1) is 24.2. The molecule has 0 spiro atoms. The smallest absolute Gasteiger partial charge is 0.211 e. The molecule has 0 saturated heterocycles. The fourth-order valence-electron chi connectivity index (χ4n) is 1.70. The molecule has 0 aromatic rings. The molecule has 0 aliphatic heterocycles. The van der Waals surface area contributed by atoms with Gasteiger partial charge in [-0.3, -0.25) is 4.99 Å². The maximum atomic E-state index is 11.5. The van der Waals surface area contributed by atoms with Gasteiger partial charge in [0.2, 0.25) is 10.0 Å². The summed E-state index contributed by atoms with van der Waals surface area (Å²) in [4.78, 5) is 4.50. The molecule has 0 aliphatic carbocycles. The summed E-state index contributed by atoms with van der Waals surface area (Å²) >= 11 is 0. The first-order valence-corrected chi connectivity index (χ1v) is 9.57. The van der Waals surface area contributed by atoms with Crippen molar-refractivity contribution in [2.24, 2.45) is 10.9 Å². The first-order chi connectivity index (χ1) is 9.72. The predicted octanol–water partition coefficient (Wildman–Crippen LogP) is 1.88. The molecular formula is C14H33IN4O2S.